The molecule has 0 aliphatic carbocycles. The number of benzene rings is 1. The van der Waals surface area contributed by atoms with E-state index in [1.165, 1.54) is 4.90 Å². The summed E-state index contributed by atoms with van der Waals surface area (Å²) >= 11 is 2.15. The van der Waals surface area contributed by atoms with Crippen LogP contribution in [-0.2, 0) is 4.79 Å². The zero-order valence-corrected chi connectivity index (χ0v) is 12.9. The van der Waals surface area contributed by atoms with Gasteiger partial charge in [0, 0.05) is 22.2 Å². The molecule has 0 radical (unpaired) electrons. The Morgan fingerprint density at radius 1 is 1.39 bits per heavy atom. The molecule has 4 nitrogen and oxygen atoms in total. The van der Waals surface area contributed by atoms with Crippen molar-refractivity contribution in [2.24, 2.45) is 0 Å². The molecule has 18 heavy (non-hydrogen) atoms. The van der Waals surface area contributed by atoms with Gasteiger partial charge < -0.3 is 10.2 Å². The van der Waals surface area contributed by atoms with Crippen LogP contribution < -0.4 is 5.32 Å². The van der Waals surface area contributed by atoms with E-state index >= 15 is 0 Å². The maximum absolute atomic E-state index is 12.1. The molecule has 1 aromatic carbocycles. The summed E-state index contributed by atoms with van der Waals surface area (Å²) in [6, 6.07) is 7.39. The number of carbonyl (C=O) groups excluding carboxylic acids is 2. The first-order valence-electron chi connectivity index (χ1n) is 5.70. The Kier molecular flexibility index (Phi) is 5.58. The second-order valence-electron chi connectivity index (χ2n) is 4.39. The third-order valence-corrected chi connectivity index (χ3v) is 2.92. The highest BCUT2D eigenvalue weighted by molar-refractivity contribution is 14.1. The van der Waals surface area contributed by atoms with Gasteiger partial charge in [0.1, 0.15) is 0 Å². The Hall–Kier alpha value is -1.11. The molecule has 0 bridgehead atoms. The van der Waals surface area contributed by atoms with Gasteiger partial charge in [-0.05, 0) is 54.6 Å². The summed E-state index contributed by atoms with van der Waals surface area (Å²) in [7, 11) is 1.63. The van der Waals surface area contributed by atoms with E-state index in [9.17, 15) is 9.59 Å². The van der Waals surface area contributed by atoms with Crippen molar-refractivity contribution in [2.75, 3.05) is 13.6 Å². The molecule has 0 fully saturated rings. The number of hydrogen-bond donors (Lipinski definition) is 1. The van der Waals surface area contributed by atoms with Gasteiger partial charge in [-0.2, -0.15) is 0 Å². The van der Waals surface area contributed by atoms with Crippen LogP contribution in [0.3, 0.4) is 0 Å². The van der Waals surface area contributed by atoms with Crippen LogP contribution in [0, 0.1) is 3.57 Å². The first-order valence-corrected chi connectivity index (χ1v) is 6.78. The van der Waals surface area contributed by atoms with Crippen molar-refractivity contribution < 1.29 is 9.59 Å². The second-order valence-corrected chi connectivity index (χ2v) is 5.64. The fourth-order valence-corrected chi connectivity index (χ4v) is 2.04. The number of halogens is 1. The van der Waals surface area contributed by atoms with Crippen molar-refractivity contribution in [3.05, 3.63) is 33.4 Å². The van der Waals surface area contributed by atoms with Crippen molar-refractivity contribution in [1.82, 2.24) is 10.2 Å². The summed E-state index contributed by atoms with van der Waals surface area (Å²) in [6.07, 6.45) is 0. The smallest absolute Gasteiger partial charge is 0.254 e. The molecule has 5 heteroatoms. The molecular formula is C13H17IN2O2. The second kappa shape index (κ2) is 6.72. The highest BCUT2D eigenvalue weighted by atomic mass is 127. The van der Waals surface area contributed by atoms with Crippen LogP contribution in [-0.4, -0.2) is 36.3 Å². The van der Waals surface area contributed by atoms with E-state index in [4.69, 9.17) is 0 Å². The third-order valence-electron chi connectivity index (χ3n) is 2.25. The van der Waals surface area contributed by atoms with Crippen molar-refractivity contribution in [3.8, 4) is 0 Å². The first-order chi connectivity index (χ1) is 8.40. The number of carbonyl (C=O) groups is 2. The summed E-state index contributed by atoms with van der Waals surface area (Å²) in [5, 5.41) is 2.76. The van der Waals surface area contributed by atoms with Crippen LogP contribution in [0.2, 0.25) is 0 Å². The van der Waals surface area contributed by atoms with E-state index in [1.54, 1.807) is 19.2 Å². The van der Waals surface area contributed by atoms with Crippen molar-refractivity contribution >= 4 is 34.4 Å². The maximum Gasteiger partial charge on any atom is 0.254 e. The maximum atomic E-state index is 12.1. The lowest BCUT2D eigenvalue weighted by molar-refractivity contribution is -0.122. The summed E-state index contributed by atoms with van der Waals surface area (Å²) in [4.78, 5) is 25.0. The summed E-state index contributed by atoms with van der Waals surface area (Å²) in [6.45, 7) is 3.85. The number of amides is 2. The van der Waals surface area contributed by atoms with Gasteiger partial charge in [0.2, 0.25) is 5.91 Å². The topological polar surface area (TPSA) is 49.4 Å². The fraction of sp³-hybridized carbons (Fsp3) is 0.385. The number of hydrogen-bond acceptors (Lipinski definition) is 2. The van der Waals surface area contributed by atoms with E-state index in [1.807, 2.05) is 26.0 Å². The van der Waals surface area contributed by atoms with E-state index in [2.05, 4.69) is 27.9 Å². The van der Waals surface area contributed by atoms with Crippen molar-refractivity contribution in [1.29, 1.82) is 0 Å². The average Bonchev–Trinajstić information content (AvgIpc) is 2.26. The average molecular weight is 360 g/mol. The standard InChI is InChI=1S/C13H17IN2O2/c1-9(2)15-12(17)8-16(3)13(18)10-5-4-6-11(14)7-10/h4-7,9H,8H2,1-3H3,(H,15,17). The molecule has 98 valence electrons. The Labute approximate surface area is 121 Å². The van der Waals surface area contributed by atoms with Crippen LogP contribution in [0.1, 0.15) is 24.2 Å². The van der Waals surface area contributed by atoms with Crippen molar-refractivity contribution in [3.63, 3.8) is 0 Å². The largest absolute Gasteiger partial charge is 0.352 e. The van der Waals surface area contributed by atoms with Gasteiger partial charge in [-0.15, -0.1) is 0 Å². The number of nitrogens with zero attached hydrogens (tertiary/aromatic N) is 1. The summed E-state index contributed by atoms with van der Waals surface area (Å²) in [5.74, 6) is -0.293. The molecule has 0 atom stereocenters. The first kappa shape index (κ1) is 14.9. The van der Waals surface area contributed by atoms with Crippen LogP contribution >= 0.6 is 22.6 Å². The molecule has 0 saturated carbocycles. The molecule has 1 rings (SSSR count). The van der Waals surface area contributed by atoms with E-state index < -0.39 is 0 Å². The Bertz CT molecular complexity index is 446. The number of nitrogens with one attached hydrogen (secondary N) is 1. The Balaban J connectivity index is 2.64. The van der Waals surface area contributed by atoms with Gasteiger partial charge in [0.15, 0.2) is 0 Å². The zero-order chi connectivity index (χ0) is 13.7. The monoisotopic (exact) mass is 360 g/mol. The van der Waals surface area contributed by atoms with Crippen LogP contribution in [0.4, 0.5) is 0 Å². The summed E-state index contributed by atoms with van der Waals surface area (Å²) in [5.41, 5.74) is 0.599. The number of likely N-dealkylation sites (N-methyl/N-ethyl adjacent to an activating group) is 1. The van der Waals surface area contributed by atoms with Crippen LogP contribution in [0.25, 0.3) is 0 Å². The van der Waals surface area contributed by atoms with Gasteiger partial charge >= 0.3 is 0 Å². The van der Waals surface area contributed by atoms with E-state index in [-0.39, 0.29) is 24.4 Å². The lowest BCUT2D eigenvalue weighted by Crippen LogP contribution is -2.40. The van der Waals surface area contributed by atoms with Crippen LogP contribution in [0.5, 0.6) is 0 Å². The van der Waals surface area contributed by atoms with E-state index in [0.29, 0.717) is 5.56 Å². The molecule has 0 spiro atoms. The normalized spacial score (nSPS) is 10.3. The van der Waals surface area contributed by atoms with E-state index in [0.717, 1.165) is 3.57 Å². The molecule has 0 saturated heterocycles. The molecular weight excluding hydrogens is 343 g/mol. The molecule has 2 amide bonds. The third kappa shape index (κ3) is 4.64. The Morgan fingerprint density at radius 2 is 2.06 bits per heavy atom. The van der Waals surface area contributed by atoms with Gasteiger partial charge in [-0.3, -0.25) is 9.59 Å². The minimum Gasteiger partial charge on any atom is -0.352 e. The number of rotatable bonds is 4. The van der Waals surface area contributed by atoms with Gasteiger partial charge in [0.05, 0.1) is 6.54 Å². The predicted molar refractivity (Wildman–Crippen MR) is 79.4 cm³/mol. The highest BCUT2D eigenvalue weighted by Crippen LogP contribution is 2.09. The molecule has 0 aromatic heterocycles. The molecule has 0 unspecified atom stereocenters. The quantitative estimate of drug-likeness (QED) is 0.834. The lowest BCUT2D eigenvalue weighted by atomic mass is 10.2. The molecule has 0 aliphatic heterocycles. The minimum absolute atomic E-state index is 0.0719. The molecule has 1 N–H and O–H groups in total. The SMILES string of the molecule is CC(C)NC(=O)CN(C)C(=O)c1cccc(I)c1. The van der Waals surface area contributed by atoms with Crippen LogP contribution in [0.15, 0.2) is 24.3 Å². The summed E-state index contributed by atoms with van der Waals surface area (Å²) < 4.78 is 0.999. The predicted octanol–water partition coefficient (Wildman–Crippen LogP) is 1.89. The van der Waals surface area contributed by atoms with Gasteiger partial charge in [-0.25, -0.2) is 0 Å². The van der Waals surface area contributed by atoms with Gasteiger partial charge in [0.25, 0.3) is 5.91 Å². The Morgan fingerprint density at radius 3 is 2.61 bits per heavy atom. The van der Waals surface area contributed by atoms with Crippen molar-refractivity contribution in [2.45, 2.75) is 19.9 Å². The highest BCUT2D eigenvalue weighted by Gasteiger charge is 2.15. The molecule has 0 heterocycles. The molecule has 0 aliphatic rings. The minimum atomic E-state index is -0.147. The van der Waals surface area contributed by atoms with Gasteiger partial charge in [-0.1, -0.05) is 6.07 Å². The lowest BCUT2D eigenvalue weighted by Gasteiger charge is -2.18. The fourth-order valence-electron chi connectivity index (χ4n) is 1.50. The zero-order valence-electron chi connectivity index (χ0n) is 10.7. The molecule has 1 aromatic rings.